The van der Waals surface area contributed by atoms with Crippen molar-refractivity contribution in [2.45, 2.75) is 18.0 Å². The molecule has 1 amide bonds. The lowest BCUT2D eigenvalue weighted by Gasteiger charge is -2.19. The predicted molar refractivity (Wildman–Crippen MR) is 131 cm³/mol. The lowest BCUT2D eigenvalue weighted by Crippen LogP contribution is -2.47. The second-order valence-electron chi connectivity index (χ2n) is 6.61. The van der Waals surface area contributed by atoms with Crippen molar-refractivity contribution in [3.05, 3.63) is 67.0 Å². The molecule has 1 atom stereocenters. The zero-order chi connectivity index (χ0) is 24.4. The molecule has 0 saturated carbocycles. The highest BCUT2D eigenvalue weighted by molar-refractivity contribution is 14.1. The van der Waals surface area contributed by atoms with Crippen LogP contribution in [-0.4, -0.2) is 30.9 Å². The van der Waals surface area contributed by atoms with Gasteiger partial charge in [-0.3, -0.25) is 4.79 Å². The van der Waals surface area contributed by atoms with E-state index in [1.54, 1.807) is 47.8 Å². The van der Waals surface area contributed by atoms with Crippen molar-refractivity contribution in [2.75, 3.05) is 5.32 Å². The molecule has 2 N–H and O–H groups in total. The molecule has 0 bridgehead atoms. The summed E-state index contributed by atoms with van der Waals surface area (Å²) in [6, 6.07) is 10.4. The first-order chi connectivity index (χ1) is 15.4. The van der Waals surface area contributed by atoms with E-state index in [0.29, 0.717) is 26.9 Å². The Morgan fingerprint density at radius 3 is 2.39 bits per heavy atom. The molecule has 1 unspecified atom stereocenters. The summed E-state index contributed by atoms with van der Waals surface area (Å²) in [6.45, 7) is 0. The molecule has 3 aromatic rings. The maximum absolute atomic E-state index is 12.8. The first-order valence-corrected chi connectivity index (χ1v) is 13.1. The Hall–Kier alpha value is -1.61. The van der Waals surface area contributed by atoms with Gasteiger partial charge in [0, 0.05) is 20.9 Å². The number of carbonyl (C=O) groups excluding carboxylic acids is 1. The molecule has 33 heavy (non-hydrogen) atoms. The summed E-state index contributed by atoms with van der Waals surface area (Å²) in [5.41, 5.74) is -3.91. The van der Waals surface area contributed by atoms with E-state index < -0.39 is 27.5 Å². The van der Waals surface area contributed by atoms with Gasteiger partial charge in [0.05, 0.1) is 15.7 Å². The van der Waals surface area contributed by atoms with Crippen LogP contribution >= 0.6 is 57.1 Å². The van der Waals surface area contributed by atoms with Crippen LogP contribution in [0.25, 0.3) is 11.3 Å². The maximum atomic E-state index is 12.8. The Bertz CT molecular complexity index is 1270. The topological polar surface area (TPSA) is 88.2 Å². The highest BCUT2D eigenvalue weighted by atomic mass is 127. The van der Waals surface area contributed by atoms with E-state index >= 15 is 0 Å². The number of halogens is 6. The van der Waals surface area contributed by atoms with Crippen molar-refractivity contribution >= 4 is 78.2 Å². The Labute approximate surface area is 214 Å². The third kappa shape index (κ3) is 6.72. The van der Waals surface area contributed by atoms with Gasteiger partial charge in [-0.1, -0.05) is 41.4 Å². The summed E-state index contributed by atoms with van der Waals surface area (Å²) >= 11 is 15.1. The molecule has 6 nitrogen and oxygen atoms in total. The largest absolute Gasteiger partial charge is 0.516 e. The zero-order valence-electron chi connectivity index (χ0n) is 16.2. The smallest absolute Gasteiger partial charge is 0.349 e. The van der Waals surface area contributed by atoms with Crippen LogP contribution in [0.1, 0.15) is 5.56 Å². The molecule has 0 aliphatic rings. The van der Waals surface area contributed by atoms with Crippen LogP contribution in [0.4, 0.5) is 18.3 Å². The zero-order valence-corrected chi connectivity index (χ0v) is 21.5. The number of anilines is 1. The molecular formula is C19H13Cl2F3IN3O3S2. The quantitative estimate of drug-likeness (QED) is 0.320. The highest BCUT2D eigenvalue weighted by Crippen LogP contribution is 2.31. The van der Waals surface area contributed by atoms with Gasteiger partial charge >= 0.3 is 15.5 Å². The summed E-state index contributed by atoms with van der Waals surface area (Å²) in [6.07, 6.45) is -0.0855. The van der Waals surface area contributed by atoms with Gasteiger partial charge in [-0.25, -0.2) is 9.71 Å². The number of hydrogen-bond donors (Lipinski definition) is 2. The number of sulfonamides is 1. The van der Waals surface area contributed by atoms with Crippen LogP contribution in [0, 0.1) is 3.57 Å². The highest BCUT2D eigenvalue weighted by Gasteiger charge is 2.47. The van der Waals surface area contributed by atoms with Crippen molar-refractivity contribution in [1.29, 1.82) is 0 Å². The molecule has 1 heterocycles. The average molecular weight is 650 g/mol. The van der Waals surface area contributed by atoms with E-state index in [0.717, 1.165) is 19.6 Å². The van der Waals surface area contributed by atoms with Gasteiger partial charge < -0.3 is 5.32 Å². The van der Waals surface area contributed by atoms with Crippen LogP contribution in [0.2, 0.25) is 10.0 Å². The normalized spacial score (nSPS) is 12.9. The second-order valence-corrected chi connectivity index (χ2v) is 11.2. The van der Waals surface area contributed by atoms with E-state index in [9.17, 15) is 26.4 Å². The van der Waals surface area contributed by atoms with Gasteiger partial charge in [-0.05, 0) is 52.4 Å². The Morgan fingerprint density at radius 1 is 1.12 bits per heavy atom. The molecule has 0 fully saturated rings. The number of rotatable bonds is 7. The number of thiazole rings is 1. The number of aromatic nitrogens is 1. The molecule has 1 aromatic heterocycles. The molecule has 0 aliphatic heterocycles. The minimum Gasteiger partial charge on any atom is -0.349 e. The number of alkyl halides is 3. The molecule has 0 saturated heterocycles. The van der Waals surface area contributed by atoms with Gasteiger partial charge in [-0.2, -0.15) is 21.6 Å². The molecule has 14 heteroatoms. The van der Waals surface area contributed by atoms with Crippen molar-refractivity contribution in [2.24, 2.45) is 0 Å². The third-order valence-electron chi connectivity index (χ3n) is 4.23. The molecule has 2 aromatic carbocycles. The fourth-order valence-corrected chi connectivity index (χ4v) is 4.56. The summed E-state index contributed by atoms with van der Waals surface area (Å²) in [5, 5.41) is 5.25. The summed E-state index contributed by atoms with van der Waals surface area (Å²) < 4.78 is 63.1. The van der Waals surface area contributed by atoms with Gasteiger partial charge in [0.2, 0.25) is 0 Å². The van der Waals surface area contributed by atoms with E-state index in [1.807, 2.05) is 0 Å². The predicted octanol–water partition coefficient (Wildman–Crippen LogP) is 5.71. The third-order valence-corrected chi connectivity index (χ3v) is 7.54. The average Bonchev–Trinajstić information content (AvgIpc) is 3.18. The SMILES string of the molecule is O=C(NS(=O)(=O)C(F)(F)F)C(Cc1ccc(I)cc1)Nc1nc(-c2ccc(Cl)c(Cl)c2)cs1. The van der Waals surface area contributed by atoms with Crippen molar-refractivity contribution in [3.63, 3.8) is 0 Å². The summed E-state index contributed by atoms with van der Waals surface area (Å²) in [5.74, 6) is -1.36. The van der Waals surface area contributed by atoms with Crippen LogP contribution < -0.4 is 10.0 Å². The molecule has 0 spiro atoms. The van der Waals surface area contributed by atoms with Gasteiger partial charge in [0.25, 0.3) is 5.91 Å². The summed E-state index contributed by atoms with van der Waals surface area (Å²) in [7, 11) is -5.86. The van der Waals surface area contributed by atoms with E-state index in [1.165, 1.54) is 0 Å². The summed E-state index contributed by atoms with van der Waals surface area (Å²) in [4.78, 5) is 16.9. The van der Waals surface area contributed by atoms with Gasteiger partial charge in [0.1, 0.15) is 6.04 Å². The number of benzene rings is 2. The molecule has 0 aliphatic carbocycles. The molecule has 176 valence electrons. The Morgan fingerprint density at radius 2 is 1.79 bits per heavy atom. The van der Waals surface area contributed by atoms with Crippen LogP contribution in [0.3, 0.4) is 0 Å². The molecular weight excluding hydrogens is 637 g/mol. The van der Waals surface area contributed by atoms with Gasteiger partial charge in [0.15, 0.2) is 5.13 Å². The number of nitrogens with zero attached hydrogens (tertiary/aromatic N) is 1. The van der Waals surface area contributed by atoms with E-state index in [2.05, 4.69) is 32.9 Å². The van der Waals surface area contributed by atoms with Crippen molar-refractivity contribution in [1.82, 2.24) is 9.71 Å². The first kappa shape index (κ1) is 26.0. The standard InChI is InChI=1S/C19H13Cl2F3IN3O3S2/c20-13-6-3-11(8-14(13)21)16-9-32-18(27-16)26-15(7-10-1-4-12(25)5-2-10)17(29)28-33(30,31)19(22,23)24/h1-6,8-9,15H,7H2,(H,26,27)(H,28,29). The number of amides is 1. The minimum atomic E-state index is -5.86. The Balaban J connectivity index is 1.86. The lowest BCUT2D eigenvalue weighted by molar-refractivity contribution is -0.120. The number of nitrogens with one attached hydrogen (secondary N) is 2. The fourth-order valence-electron chi connectivity index (χ4n) is 2.60. The van der Waals surface area contributed by atoms with E-state index in [-0.39, 0.29) is 11.6 Å². The van der Waals surface area contributed by atoms with Crippen molar-refractivity contribution in [3.8, 4) is 11.3 Å². The van der Waals surface area contributed by atoms with Crippen molar-refractivity contribution < 1.29 is 26.4 Å². The van der Waals surface area contributed by atoms with Crippen LogP contribution in [0.15, 0.2) is 47.8 Å². The van der Waals surface area contributed by atoms with Gasteiger partial charge in [-0.15, -0.1) is 11.3 Å². The minimum absolute atomic E-state index is 0.0855. The molecule has 0 radical (unpaired) electrons. The second kappa shape index (κ2) is 10.3. The Kier molecular flexibility index (Phi) is 8.15. The molecule has 3 rings (SSSR count). The van der Waals surface area contributed by atoms with E-state index in [4.69, 9.17) is 23.2 Å². The van der Waals surface area contributed by atoms with Crippen LogP contribution in [0.5, 0.6) is 0 Å². The van der Waals surface area contributed by atoms with Crippen LogP contribution in [-0.2, 0) is 21.2 Å². The monoisotopic (exact) mass is 649 g/mol. The lowest BCUT2D eigenvalue weighted by atomic mass is 10.1. The fraction of sp³-hybridized carbons (Fsp3) is 0.158. The first-order valence-electron chi connectivity index (χ1n) is 8.90. The number of carbonyl (C=O) groups is 1. The number of hydrogen-bond acceptors (Lipinski definition) is 6. The maximum Gasteiger partial charge on any atom is 0.516 e.